The fourth-order valence-corrected chi connectivity index (χ4v) is 6.02. The number of hydrogen-bond donors (Lipinski definition) is 2. The molecule has 0 spiro atoms. The molecule has 2 aliphatic rings. The summed E-state index contributed by atoms with van der Waals surface area (Å²) in [6, 6.07) is 25.5. The summed E-state index contributed by atoms with van der Waals surface area (Å²) in [5.74, 6) is 0.573. The van der Waals surface area contributed by atoms with Crippen LogP contribution in [0.5, 0.6) is 0 Å². The molecule has 1 aromatic heterocycles. The van der Waals surface area contributed by atoms with E-state index in [2.05, 4.69) is 59.0 Å². The summed E-state index contributed by atoms with van der Waals surface area (Å²) in [5.41, 5.74) is 6.37. The van der Waals surface area contributed by atoms with E-state index in [0.717, 1.165) is 30.1 Å². The molecule has 0 saturated heterocycles. The molecule has 1 saturated carbocycles. The molecule has 0 radical (unpaired) electrons. The van der Waals surface area contributed by atoms with Crippen LogP contribution in [0.4, 0.5) is 5.69 Å². The lowest BCUT2D eigenvalue weighted by molar-refractivity contribution is 0.675. The second kappa shape index (κ2) is 7.66. The first-order valence-corrected chi connectivity index (χ1v) is 12.0. The molecule has 3 aromatic carbocycles. The molecule has 2 heterocycles. The molecular formula is C26H25N3OS. The minimum Gasteiger partial charge on any atom is -0.361 e. The van der Waals surface area contributed by atoms with Crippen molar-refractivity contribution >= 4 is 27.6 Å². The van der Waals surface area contributed by atoms with Crippen molar-refractivity contribution in [3.05, 3.63) is 95.7 Å². The monoisotopic (exact) mass is 427 g/mol. The number of H-pyrrole nitrogens is 1. The number of rotatable bonds is 6. The molecule has 2 N–H and O–H groups in total. The van der Waals surface area contributed by atoms with E-state index in [1.807, 2.05) is 34.6 Å². The highest BCUT2D eigenvalue weighted by atomic mass is 32.2. The van der Waals surface area contributed by atoms with E-state index in [1.165, 1.54) is 34.0 Å². The highest BCUT2D eigenvalue weighted by Crippen LogP contribution is 2.43. The van der Waals surface area contributed by atoms with Crippen LogP contribution in [0.25, 0.3) is 10.9 Å². The second-order valence-electron chi connectivity index (χ2n) is 8.49. The molecule has 1 aliphatic carbocycles. The molecule has 5 heteroatoms. The Kier molecular flexibility index (Phi) is 4.66. The third-order valence-electron chi connectivity index (χ3n) is 6.55. The zero-order chi connectivity index (χ0) is 20.8. The van der Waals surface area contributed by atoms with Gasteiger partial charge in [0.2, 0.25) is 0 Å². The van der Waals surface area contributed by atoms with Crippen molar-refractivity contribution in [2.75, 3.05) is 10.8 Å². The van der Waals surface area contributed by atoms with Gasteiger partial charge in [-0.1, -0.05) is 48.5 Å². The van der Waals surface area contributed by atoms with Crippen LogP contribution in [0.15, 0.2) is 83.9 Å². The molecule has 1 aliphatic heterocycles. The lowest BCUT2D eigenvalue weighted by Crippen LogP contribution is -2.23. The average Bonchev–Trinajstić information content (AvgIpc) is 3.29. The van der Waals surface area contributed by atoms with Crippen molar-refractivity contribution in [1.29, 1.82) is 0 Å². The average molecular weight is 428 g/mol. The third kappa shape index (κ3) is 3.48. The summed E-state index contributed by atoms with van der Waals surface area (Å²) in [7, 11) is -1.14. The minimum absolute atomic E-state index is 0.530. The number of nitrogens with zero attached hydrogens (tertiary/aromatic N) is 1. The lowest BCUT2D eigenvalue weighted by atomic mass is 10.0. The summed E-state index contributed by atoms with van der Waals surface area (Å²) in [4.78, 5) is 4.22. The Morgan fingerprint density at radius 1 is 1.03 bits per heavy atom. The predicted molar refractivity (Wildman–Crippen MR) is 127 cm³/mol. The molecule has 6 rings (SSSR count). The minimum atomic E-state index is -1.14. The van der Waals surface area contributed by atoms with Gasteiger partial charge in [0.1, 0.15) is 0 Å². The summed E-state index contributed by atoms with van der Waals surface area (Å²) in [6.07, 6.45) is 4.26. The SMILES string of the molecule is O=S(c1ccccc1)N1CCc2cc(C3CC3NCc3c[nH]c4ccccc34)ccc21. The first-order valence-electron chi connectivity index (χ1n) is 10.9. The first kappa shape index (κ1) is 18.8. The van der Waals surface area contributed by atoms with E-state index in [1.54, 1.807) is 0 Å². The molecule has 31 heavy (non-hydrogen) atoms. The van der Waals surface area contributed by atoms with Crippen LogP contribution in [0.2, 0.25) is 0 Å². The van der Waals surface area contributed by atoms with Gasteiger partial charge in [0.05, 0.1) is 10.6 Å². The van der Waals surface area contributed by atoms with Crippen molar-refractivity contribution in [3.63, 3.8) is 0 Å². The highest BCUT2D eigenvalue weighted by molar-refractivity contribution is 7.86. The van der Waals surface area contributed by atoms with Gasteiger partial charge in [-0.2, -0.15) is 0 Å². The Labute approximate surface area is 184 Å². The maximum Gasteiger partial charge on any atom is 0.152 e. The molecule has 0 amide bonds. The quantitative estimate of drug-likeness (QED) is 0.460. The van der Waals surface area contributed by atoms with Crippen molar-refractivity contribution in [3.8, 4) is 0 Å². The largest absolute Gasteiger partial charge is 0.361 e. The van der Waals surface area contributed by atoms with E-state index in [-0.39, 0.29) is 0 Å². The summed E-state index contributed by atoms with van der Waals surface area (Å²) < 4.78 is 15.0. The smallest absolute Gasteiger partial charge is 0.152 e. The van der Waals surface area contributed by atoms with E-state index < -0.39 is 11.0 Å². The Morgan fingerprint density at radius 2 is 1.87 bits per heavy atom. The number of para-hydroxylation sites is 1. The number of anilines is 1. The van der Waals surface area contributed by atoms with Crippen LogP contribution in [0.3, 0.4) is 0 Å². The van der Waals surface area contributed by atoms with Crippen molar-refractivity contribution < 1.29 is 4.21 Å². The van der Waals surface area contributed by atoms with Crippen molar-refractivity contribution in [2.45, 2.75) is 36.2 Å². The van der Waals surface area contributed by atoms with E-state index in [9.17, 15) is 4.21 Å². The van der Waals surface area contributed by atoms with Gasteiger partial charge in [-0.3, -0.25) is 4.31 Å². The van der Waals surface area contributed by atoms with Crippen LogP contribution >= 0.6 is 0 Å². The number of fused-ring (bicyclic) bond motifs is 2. The molecule has 1 fully saturated rings. The zero-order valence-electron chi connectivity index (χ0n) is 17.3. The highest BCUT2D eigenvalue weighted by Gasteiger charge is 2.38. The topological polar surface area (TPSA) is 48.1 Å². The summed E-state index contributed by atoms with van der Waals surface area (Å²) in [5, 5.41) is 5.04. The number of aromatic nitrogens is 1. The molecular weight excluding hydrogens is 402 g/mol. The molecule has 3 unspecified atom stereocenters. The third-order valence-corrected chi connectivity index (χ3v) is 8.00. The van der Waals surface area contributed by atoms with E-state index >= 15 is 0 Å². The van der Waals surface area contributed by atoms with Crippen molar-refractivity contribution in [2.24, 2.45) is 0 Å². The fourth-order valence-electron chi connectivity index (χ4n) is 4.77. The maximum absolute atomic E-state index is 13.0. The summed E-state index contributed by atoms with van der Waals surface area (Å²) in [6.45, 7) is 1.70. The number of aromatic amines is 1. The van der Waals surface area contributed by atoms with Crippen molar-refractivity contribution in [1.82, 2.24) is 10.3 Å². The van der Waals surface area contributed by atoms with Gasteiger partial charge in [-0.25, -0.2) is 4.21 Å². The first-order chi connectivity index (χ1) is 15.3. The predicted octanol–water partition coefficient (Wildman–Crippen LogP) is 4.90. The lowest BCUT2D eigenvalue weighted by Gasteiger charge is -2.18. The normalized spacial score (nSPS) is 20.7. The fraction of sp³-hybridized carbons (Fsp3) is 0.231. The molecule has 3 atom stereocenters. The van der Waals surface area contributed by atoms with Crippen LogP contribution < -0.4 is 9.62 Å². The zero-order valence-corrected chi connectivity index (χ0v) is 18.1. The van der Waals surface area contributed by atoms with Crippen LogP contribution in [-0.4, -0.2) is 21.8 Å². The van der Waals surface area contributed by atoms with E-state index in [0.29, 0.717) is 12.0 Å². The Hall–Kier alpha value is -2.89. The van der Waals surface area contributed by atoms with Crippen LogP contribution in [-0.2, 0) is 24.0 Å². The van der Waals surface area contributed by atoms with Gasteiger partial charge in [-0.05, 0) is 53.8 Å². The molecule has 156 valence electrons. The maximum atomic E-state index is 13.0. The number of benzene rings is 3. The Balaban J connectivity index is 1.13. The van der Waals surface area contributed by atoms with Gasteiger partial charge >= 0.3 is 0 Å². The van der Waals surface area contributed by atoms with Crippen LogP contribution in [0, 0.1) is 0 Å². The standard InChI is InChI=1S/C26H25N3OS/c30-31(21-6-2-1-3-7-21)29-13-12-19-14-18(10-11-26(19)29)23-15-25(23)28-17-20-16-27-24-9-5-4-8-22(20)24/h1-11,14,16,23,25,27-28H,12-13,15,17H2. The molecule has 4 nitrogen and oxygen atoms in total. The molecule has 0 bridgehead atoms. The van der Waals surface area contributed by atoms with Gasteiger partial charge in [0, 0.05) is 42.1 Å². The van der Waals surface area contributed by atoms with Crippen LogP contribution in [0.1, 0.15) is 29.0 Å². The van der Waals surface area contributed by atoms with E-state index in [4.69, 9.17) is 0 Å². The Morgan fingerprint density at radius 3 is 2.77 bits per heavy atom. The van der Waals surface area contributed by atoms with Gasteiger partial charge in [-0.15, -0.1) is 0 Å². The second-order valence-corrected chi connectivity index (χ2v) is 9.90. The number of nitrogens with one attached hydrogen (secondary N) is 2. The van der Waals surface area contributed by atoms with Gasteiger partial charge in [0.25, 0.3) is 0 Å². The Bertz CT molecular complexity index is 1270. The summed E-state index contributed by atoms with van der Waals surface area (Å²) >= 11 is 0. The number of hydrogen-bond acceptors (Lipinski definition) is 2. The van der Waals surface area contributed by atoms with Gasteiger partial charge in [0.15, 0.2) is 11.0 Å². The molecule has 4 aromatic rings. The van der Waals surface area contributed by atoms with Gasteiger partial charge < -0.3 is 10.3 Å².